The molecule has 1 aliphatic carbocycles. The summed E-state index contributed by atoms with van der Waals surface area (Å²) in [4.78, 5) is 0. The van der Waals surface area contributed by atoms with E-state index >= 15 is 0 Å². The van der Waals surface area contributed by atoms with Gasteiger partial charge in [-0.15, -0.1) is 0 Å². The van der Waals surface area contributed by atoms with E-state index in [1.54, 1.807) is 0 Å². The van der Waals surface area contributed by atoms with Gasteiger partial charge in [0, 0.05) is 24.5 Å². The highest BCUT2D eigenvalue weighted by Gasteiger charge is 2.44. The molecule has 1 aromatic carbocycles. The number of nitrogens with one attached hydrogen (secondary N) is 1. The lowest BCUT2D eigenvalue weighted by Crippen LogP contribution is -2.59. The Morgan fingerprint density at radius 1 is 1.16 bits per heavy atom. The molecule has 1 N–H and O–H groups in total. The average Bonchev–Trinajstić information content (AvgIpc) is 2.79. The molecule has 0 amide bonds. The highest BCUT2D eigenvalue weighted by molar-refractivity contribution is 6.30. The lowest BCUT2D eigenvalue weighted by atomic mass is 9.90. The van der Waals surface area contributed by atoms with Gasteiger partial charge in [-0.1, -0.05) is 36.6 Å². The smallest absolute Gasteiger partial charge is 0.0826 e. The van der Waals surface area contributed by atoms with Crippen LogP contribution in [0.3, 0.4) is 0 Å². The number of morpholine rings is 1. The zero-order valence-corrected chi connectivity index (χ0v) is 12.3. The molecule has 2 aliphatic rings. The van der Waals surface area contributed by atoms with Crippen LogP contribution in [0.1, 0.15) is 38.2 Å². The van der Waals surface area contributed by atoms with Crippen LogP contribution in [0.15, 0.2) is 24.3 Å². The second-order valence-corrected chi connectivity index (χ2v) is 6.79. The second-order valence-electron chi connectivity index (χ2n) is 6.35. The first kappa shape index (κ1) is 13.4. The Kier molecular flexibility index (Phi) is 3.59. The van der Waals surface area contributed by atoms with Gasteiger partial charge in [-0.2, -0.15) is 0 Å². The van der Waals surface area contributed by atoms with Crippen LogP contribution in [0.25, 0.3) is 0 Å². The van der Waals surface area contributed by atoms with E-state index in [9.17, 15) is 0 Å². The molecule has 1 saturated carbocycles. The molecule has 1 aromatic rings. The number of hydrogen-bond acceptors (Lipinski definition) is 2. The molecule has 0 bridgehead atoms. The van der Waals surface area contributed by atoms with Crippen LogP contribution >= 0.6 is 11.6 Å². The maximum absolute atomic E-state index is 6.56. The molecule has 2 nitrogen and oxygen atoms in total. The van der Waals surface area contributed by atoms with Gasteiger partial charge in [0.05, 0.1) is 11.2 Å². The largest absolute Gasteiger partial charge is 0.366 e. The van der Waals surface area contributed by atoms with Crippen molar-refractivity contribution in [2.45, 2.75) is 50.2 Å². The maximum atomic E-state index is 6.56. The molecule has 104 valence electrons. The summed E-state index contributed by atoms with van der Waals surface area (Å²) >= 11 is 5.94. The second kappa shape index (κ2) is 5.08. The SMILES string of the molecule is CC1(Cc2ccc(Cl)cc2)CNCC2(CCCC2)O1. The van der Waals surface area contributed by atoms with Crippen molar-refractivity contribution in [2.75, 3.05) is 13.1 Å². The van der Waals surface area contributed by atoms with Crippen molar-refractivity contribution in [3.63, 3.8) is 0 Å². The number of rotatable bonds is 2. The van der Waals surface area contributed by atoms with Crippen molar-refractivity contribution < 1.29 is 4.74 Å². The van der Waals surface area contributed by atoms with E-state index < -0.39 is 0 Å². The van der Waals surface area contributed by atoms with Gasteiger partial charge < -0.3 is 10.1 Å². The van der Waals surface area contributed by atoms with Gasteiger partial charge in [0.25, 0.3) is 0 Å². The van der Waals surface area contributed by atoms with Crippen molar-refractivity contribution in [3.05, 3.63) is 34.9 Å². The van der Waals surface area contributed by atoms with E-state index in [2.05, 4.69) is 24.4 Å². The van der Waals surface area contributed by atoms with Gasteiger partial charge in [-0.05, 0) is 37.5 Å². The standard InChI is InChI=1S/C16H22ClNO/c1-15(10-13-4-6-14(17)7-5-13)11-18-12-16(19-15)8-2-3-9-16/h4-7,18H,2-3,8-12H2,1H3. The molecule has 1 spiro atoms. The van der Waals surface area contributed by atoms with Crippen molar-refractivity contribution in [3.8, 4) is 0 Å². The summed E-state index contributed by atoms with van der Waals surface area (Å²) in [5.41, 5.74) is 1.29. The van der Waals surface area contributed by atoms with Crippen LogP contribution < -0.4 is 5.32 Å². The Labute approximate surface area is 120 Å². The fourth-order valence-electron chi connectivity index (χ4n) is 3.58. The maximum Gasteiger partial charge on any atom is 0.0826 e. The number of benzene rings is 1. The third-order valence-electron chi connectivity index (χ3n) is 4.42. The van der Waals surface area contributed by atoms with Crippen LogP contribution in [-0.2, 0) is 11.2 Å². The summed E-state index contributed by atoms with van der Waals surface area (Å²) in [7, 11) is 0. The topological polar surface area (TPSA) is 21.3 Å². The molecular weight excluding hydrogens is 258 g/mol. The fourth-order valence-corrected chi connectivity index (χ4v) is 3.71. The minimum absolute atomic E-state index is 0.0967. The third-order valence-corrected chi connectivity index (χ3v) is 4.67. The average molecular weight is 280 g/mol. The Balaban J connectivity index is 1.73. The molecule has 2 fully saturated rings. The van der Waals surface area contributed by atoms with Gasteiger partial charge in [0.2, 0.25) is 0 Å². The lowest BCUT2D eigenvalue weighted by molar-refractivity contribution is -0.166. The fraction of sp³-hybridized carbons (Fsp3) is 0.625. The number of halogens is 1. The predicted octanol–water partition coefficient (Wildman–Crippen LogP) is 3.57. The zero-order valence-electron chi connectivity index (χ0n) is 11.5. The van der Waals surface area contributed by atoms with Crippen molar-refractivity contribution in [1.29, 1.82) is 0 Å². The van der Waals surface area contributed by atoms with E-state index in [0.717, 1.165) is 24.5 Å². The summed E-state index contributed by atoms with van der Waals surface area (Å²) in [5, 5.41) is 4.38. The van der Waals surface area contributed by atoms with Crippen LogP contribution in [-0.4, -0.2) is 24.3 Å². The van der Waals surface area contributed by atoms with Gasteiger partial charge in [0.15, 0.2) is 0 Å². The Bertz CT molecular complexity index is 439. The Morgan fingerprint density at radius 3 is 2.53 bits per heavy atom. The summed E-state index contributed by atoms with van der Waals surface area (Å²) in [5.74, 6) is 0. The van der Waals surface area contributed by atoms with E-state index in [1.807, 2.05) is 12.1 Å². The molecule has 1 unspecified atom stereocenters. The first-order valence-electron chi connectivity index (χ1n) is 7.25. The normalized spacial score (nSPS) is 29.8. The summed E-state index contributed by atoms with van der Waals surface area (Å²) in [6.45, 7) is 4.18. The molecular formula is C16H22ClNO. The lowest BCUT2D eigenvalue weighted by Gasteiger charge is -2.46. The quantitative estimate of drug-likeness (QED) is 0.894. The van der Waals surface area contributed by atoms with Crippen molar-refractivity contribution in [1.82, 2.24) is 5.32 Å². The molecule has 19 heavy (non-hydrogen) atoms. The van der Waals surface area contributed by atoms with E-state index in [1.165, 1.54) is 31.2 Å². The van der Waals surface area contributed by atoms with Gasteiger partial charge in [-0.25, -0.2) is 0 Å². The van der Waals surface area contributed by atoms with Crippen LogP contribution in [0.5, 0.6) is 0 Å². The molecule has 1 heterocycles. The monoisotopic (exact) mass is 279 g/mol. The van der Waals surface area contributed by atoms with E-state index in [0.29, 0.717) is 0 Å². The minimum Gasteiger partial charge on any atom is -0.366 e. The zero-order chi connectivity index (χ0) is 13.3. The van der Waals surface area contributed by atoms with Crippen LogP contribution in [0, 0.1) is 0 Å². The van der Waals surface area contributed by atoms with Crippen LogP contribution in [0.2, 0.25) is 5.02 Å². The van der Waals surface area contributed by atoms with Crippen molar-refractivity contribution in [2.24, 2.45) is 0 Å². The molecule has 0 aromatic heterocycles. The highest BCUT2D eigenvalue weighted by Crippen LogP contribution is 2.39. The van der Waals surface area contributed by atoms with E-state index in [-0.39, 0.29) is 11.2 Å². The predicted molar refractivity (Wildman–Crippen MR) is 78.7 cm³/mol. The Morgan fingerprint density at radius 2 is 1.84 bits per heavy atom. The van der Waals surface area contributed by atoms with Gasteiger partial charge >= 0.3 is 0 Å². The number of ether oxygens (including phenoxy) is 1. The molecule has 3 heteroatoms. The molecule has 1 aliphatic heterocycles. The van der Waals surface area contributed by atoms with Gasteiger partial charge in [-0.3, -0.25) is 0 Å². The van der Waals surface area contributed by atoms with Gasteiger partial charge in [0.1, 0.15) is 0 Å². The summed E-state index contributed by atoms with van der Waals surface area (Å²) in [6.07, 6.45) is 5.96. The summed E-state index contributed by atoms with van der Waals surface area (Å²) < 4.78 is 6.56. The molecule has 3 rings (SSSR count). The number of hydrogen-bond donors (Lipinski definition) is 1. The molecule has 1 atom stereocenters. The summed E-state index contributed by atoms with van der Waals surface area (Å²) in [6, 6.07) is 8.13. The first-order chi connectivity index (χ1) is 9.09. The highest BCUT2D eigenvalue weighted by atomic mass is 35.5. The van der Waals surface area contributed by atoms with E-state index in [4.69, 9.17) is 16.3 Å². The Hall–Kier alpha value is -0.570. The van der Waals surface area contributed by atoms with Crippen LogP contribution in [0.4, 0.5) is 0 Å². The molecule has 0 radical (unpaired) electrons. The minimum atomic E-state index is -0.101. The van der Waals surface area contributed by atoms with Crippen molar-refractivity contribution >= 4 is 11.6 Å². The third kappa shape index (κ3) is 2.96. The first-order valence-corrected chi connectivity index (χ1v) is 7.62. The molecule has 1 saturated heterocycles.